The Hall–Kier alpha value is -3.08. The van der Waals surface area contributed by atoms with Crippen LogP contribution in [0, 0.1) is 20.8 Å². The molecular formula is C28H33N7O2S. The molecule has 0 radical (unpaired) electrons. The Morgan fingerprint density at radius 1 is 1.05 bits per heavy atom. The minimum atomic E-state index is 0.00240. The molecule has 5 aromatic heterocycles. The van der Waals surface area contributed by atoms with E-state index in [0.717, 1.165) is 37.5 Å². The topological polar surface area (TPSA) is 106 Å². The maximum absolute atomic E-state index is 6.07. The molecule has 38 heavy (non-hydrogen) atoms. The number of aromatic amines is 1. The van der Waals surface area contributed by atoms with Gasteiger partial charge < -0.3 is 19.5 Å². The van der Waals surface area contributed by atoms with E-state index in [9.17, 15) is 0 Å². The van der Waals surface area contributed by atoms with E-state index in [2.05, 4.69) is 71.4 Å². The Morgan fingerprint density at radius 3 is 2.63 bits per heavy atom. The zero-order chi connectivity index (χ0) is 26.1. The quantitative estimate of drug-likeness (QED) is 0.300. The molecule has 1 aliphatic heterocycles. The summed E-state index contributed by atoms with van der Waals surface area (Å²) in [4.78, 5) is 11.0. The number of hydrogen-bond acceptors (Lipinski definition) is 8. The Bertz CT molecular complexity index is 1650. The molecule has 10 heteroatoms. The predicted octanol–water partition coefficient (Wildman–Crippen LogP) is 5.69. The van der Waals surface area contributed by atoms with Crippen molar-refractivity contribution in [1.29, 1.82) is 0 Å². The van der Waals surface area contributed by atoms with E-state index in [0.29, 0.717) is 30.3 Å². The molecule has 1 aliphatic carbocycles. The van der Waals surface area contributed by atoms with E-state index in [1.165, 1.54) is 48.6 Å². The molecule has 0 unspecified atom stereocenters. The van der Waals surface area contributed by atoms with Gasteiger partial charge in [-0.15, -0.1) is 21.5 Å². The van der Waals surface area contributed by atoms with Gasteiger partial charge in [-0.1, -0.05) is 13.8 Å². The fraction of sp³-hybridized carbons (Fsp3) is 0.500. The third-order valence-electron chi connectivity index (χ3n) is 8.47. The fourth-order valence-electron chi connectivity index (χ4n) is 6.19. The Kier molecular flexibility index (Phi) is 5.68. The molecule has 1 saturated carbocycles. The van der Waals surface area contributed by atoms with Crippen LogP contribution in [-0.2, 0) is 4.74 Å². The Balaban J connectivity index is 1.18. The van der Waals surface area contributed by atoms with Gasteiger partial charge in [0.05, 0.1) is 18.9 Å². The second-order valence-electron chi connectivity index (χ2n) is 11.1. The summed E-state index contributed by atoms with van der Waals surface area (Å²) in [6.45, 7) is 13.3. The lowest BCUT2D eigenvalue weighted by Crippen LogP contribution is -2.34. The Labute approximate surface area is 225 Å². The van der Waals surface area contributed by atoms with Gasteiger partial charge in [0.15, 0.2) is 5.65 Å². The van der Waals surface area contributed by atoms with Gasteiger partial charge in [-0.3, -0.25) is 0 Å². The molecule has 2 N–H and O–H groups in total. The third kappa shape index (κ3) is 3.65. The van der Waals surface area contributed by atoms with Gasteiger partial charge >= 0.3 is 0 Å². The van der Waals surface area contributed by atoms with E-state index < -0.39 is 0 Å². The first-order valence-electron chi connectivity index (χ1n) is 13.5. The van der Waals surface area contributed by atoms with Gasteiger partial charge in [-0.05, 0) is 67.7 Å². The number of pyridine rings is 1. The van der Waals surface area contributed by atoms with Gasteiger partial charge in [0.1, 0.15) is 17.2 Å². The number of thiophene rings is 1. The number of nitrogens with zero attached hydrogens (tertiary/aromatic N) is 5. The van der Waals surface area contributed by atoms with E-state index in [1.54, 1.807) is 6.33 Å². The molecule has 0 aromatic carbocycles. The van der Waals surface area contributed by atoms with Crippen LogP contribution in [0.4, 0.5) is 0 Å². The van der Waals surface area contributed by atoms with E-state index in [4.69, 9.17) is 9.15 Å². The van der Waals surface area contributed by atoms with Crippen LogP contribution in [0.1, 0.15) is 89.4 Å². The second kappa shape index (κ2) is 9.00. The first-order valence-corrected chi connectivity index (χ1v) is 14.3. The molecule has 5 aromatic rings. The van der Waals surface area contributed by atoms with Crippen LogP contribution in [0.15, 0.2) is 16.9 Å². The van der Waals surface area contributed by atoms with Crippen LogP contribution in [0.2, 0.25) is 0 Å². The average Bonchev–Trinajstić information content (AvgIpc) is 3.67. The molecule has 7 rings (SSSR count). The molecule has 198 valence electrons. The highest BCUT2D eigenvalue weighted by atomic mass is 32.1. The van der Waals surface area contributed by atoms with Crippen LogP contribution < -0.4 is 5.32 Å². The van der Waals surface area contributed by atoms with Crippen molar-refractivity contribution in [3.05, 3.63) is 51.4 Å². The summed E-state index contributed by atoms with van der Waals surface area (Å²) >= 11 is 1.91. The third-order valence-corrected chi connectivity index (χ3v) is 9.84. The molecule has 1 atom stereocenters. The van der Waals surface area contributed by atoms with Crippen LogP contribution >= 0.6 is 11.3 Å². The maximum Gasteiger partial charge on any atom is 0.235 e. The molecular weight excluding hydrogens is 498 g/mol. The van der Waals surface area contributed by atoms with Gasteiger partial charge in [-0.2, -0.15) is 5.10 Å². The van der Waals surface area contributed by atoms with Crippen molar-refractivity contribution in [1.82, 2.24) is 35.1 Å². The number of nitrogens with one attached hydrogen (secondary N) is 2. The molecule has 2 aliphatic rings. The zero-order valence-electron chi connectivity index (χ0n) is 22.5. The number of aryl methyl sites for hydroxylation is 2. The minimum absolute atomic E-state index is 0.00240. The molecule has 6 heterocycles. The number of hydrogen-bond donors (Lipinski definition) is 2. The maximum atomic E-state index is 6.07. The molecule has 1 saturated heterocycles. The Morgan fingerprint density at radius 2 is 1.87 bits per heavy atom. The van der Waals surface area contributed by atoms with Gasteiger partial charge in [0.25, 0.3) is 0 Å². The number of ether oxygens (including phenoxy) is 1. The lowest BCUT2D eigenvalue weighted by Gasteiger charge is -2.33. The average molecular weight is 532 g/mol. The van der Waals surface area contributed by atoms with Crippen molar-refractivity contribution in [3.63, 3.8) is 0 Å². The summed E-state index contributed by atoms with van der Waals surface area (Å²) in [6, 6.07) is 0.00240. The van der Waals surface area contributed by atoms with Gasteiger partial charge in [0.2, 0.25) is 11.8 Å². The van der Waals surface area contributed by atoms with Crippen LogP contribution in [0.3, 0.4) is 0 Å². The lowest BCUT2D eigenvalue weighted by atomic mass is 9.73. The molecule has 9 nitrogen and oxygen atoms in total. The highest BCUT2D eigenvalue weighted by Gasteiger charge is 2.38. The van der Waals surface area contributed by atoms with Crippen molar-refractivity contribution >= 4 is 27.2 Å². The largest absolute Gasteiger partial charge is 0.423 e. The standard InChI is InChI=1S/C28H33N7O2S/c1-13(2)21-22-16(5)24(17-8-18(9-17)26-33-34-27(37-26)20-11-36-7-6-29-20)38-28(22)32-23(21)19-10-35-25(30-12-31-35)15(4)14(19)3/h10,12-13,17-18,20,29,32H,6-9,11H2,1-5H3/t17-,18+,20-/m1/s1. The lowest BCUT2D eigenvalue weighted by molar-refractivity contribution is 0.0672. The summed E-state index contributed by atoms with van der Waals surface area (Å²) in [5.74, 6) is 2.65. The van der Waals surface area contributed by atoms with Gasteiger partial charge in [-0.25, -0.2) is 9.50 Å². The van der Waals surface area contributed by atoms with Crippen LogP contribution in [0.5, 0.6) is 0 Å². The molecule has 0 spiro atoms. The number of rotatable bonds is 5. The SMILES string of the molecule is Cc1c(-c2[nH]c3sc([C@H]4C[C@@H](c5nnc([C@H]6COCCN6)o5)C4)c(C)c3c2C(C)C)cn2ncnc2c1C. The molecule has 0 bridgehead atoms. The van der Waals surface area contributed by atoms with Crippen LogP contribution in [-0.4, -0.2) is 49.5 Å². The monoisotopic (exact) mass is 531 g/mol. The normalized spacial score (nSPS) is 22.1. The summed E-state index contributed by atoms with van der Waals surface area (Å²) < 4.78 is 13.5. The highest BCUT2D eigenvalue weighted by Crippen LogP contribution is 2.53. The van der Waals surface area contributed by atoms with E-state index in [1.807, 2.05) is 15.9 Å². The van der Waals surface area contributed by atoms with Crippen molar-refractivity contribution in [2.45, 2.75) is 71.3 Å². The molecule has 0 amide bonds. The summed E-state index contributed by atoms with van der Waals surface area (Å²) in [5, 5.41) is 17.9. The van der Waals surface area contributed by atoms with Crippen molar-refractivity contribution < 1.29 is 9.15 Å². The summed E-state index contributed by atoms with van der Waals surface area (Å²) in [6.07, 6.45) is 5.84. The predicted molar refractivity (Wildman–Crippen MR) is 147 cm³/mol. The fourth-order valence-corrected chi connectivity index (χ4v) is 7.54. The zero-order valence-corrected chi connectivity index (χ0v) is 23.3. The van der Waals surface area contributed by atoms with Crippen molar-refractivity contribution in [2.24, 2.45) is 0 Å². The number of fused-ring (bicyclic) bond motifs is 2. The first-order chi connectivity index (χ1) is 18.4. The number of morpholine rings is 1. The number of H-pyrrole nitrogens is 1. The van der Waals surface area contributed by atoms with Crippen LogP contribution in [0.25, 0.3) is 27.1 Å². The highest BCUT2D eigenvalue weighted by molar-refractivity contribution is 7.19. The first kappa shape index (κ1) is 24.0. The van der Waals surface area contributed by atoms with Gasteiger partial charge in [0, 0.05) is 34.5 Å². The van der Waals surface area contributed by atoms with E-state index >= 15 is 0 Å². The van der Waals surface area contributed by atoms with Crippen molar-refractivity contribution in [3.8, 4) is 11.3 Å². The summed E-state index contributed by atoms with van der Waals surface area (Å²) in [5.41, 5.74) is 8.53. The smallest absolute Gasteiger partial charge is 0.235 e. The molecule has 2 fully saturated rings. The van der Waals surface area contributed by atoms with Crippen molar-refractivity contribution in [2.75, 3.05) is 19.8 Å². The number of aromatic nitrogens is 6. The second-order valence-corrected chi connectivity index (χ2v) is 12.2. The van der Waals surface area contributed by atoms with E-state index in [-0.39, 0.29) is 6.04 Å². The summed E-state index contributed by atoms with van der Waals surface area (Å²) in [7, 11) is 0. The minimum Gasteiger partial charge on any atom is -0.423 e.